The highest BCUT2D eigenvalue weighted by molar-refractivity contribution is 5.82. The molecule has 6 heteroatoms. The Morgan fingerprint density at radius 1 is 1.15 bits per heavy atom. The van der Waals surface area contributed by atoms with Crippen molar-refractivity contribution in [3.05, 3.63) is 30.3 Å². The molecule has 0 atom stereocenters. The minimum Gasteiger partial charge on any atom is -0.382 e. The van der Waals surface area contributed by atoms with Crippen molar-refractivity contribution >= 4 is 17.0 Å². The molecule has 3 aromatic rings. The molecule has 0 aliphatic heterocycles. The average molecular weight is 268 g/mol. The molecule has 0 bridgehead atoms. The minimum absolute atomic E-state index is 0.372. The summed E-state index contributed by atoms with van der Waals surface area (Å²) in [4.78, 5) is 8.88. The Morgan fingerprint density at radius 2 is 1.95 bits per heavy atom. The number of nitrogen functional groups attached to an aromatic ring is 1. The molecule has 0 saturated carbocycles. The van der Waals surface area contributed by atoms with E-state index in [1.807, 2.05) is 30.3 Å². The van der Waals surface area contributed by atoms with Gasteiger partial charge in [-0.05, 0) is 6.42 Å². The highest BCUT2D eigenvalue weighted by Gasteiger charge is 2.13. The van der Waals surface area contributed by atoms with Crippen LogP contribution in [0.4, 0.5) is 5.82 Å². The fraction of sp³-hybridized carbons (Fsp3) is 0.286. The van der Waals surface area contributed by atoms with Crippen LogP contribution in [0.25, 0.3) is 22.6 Å². The number of aryl methyl sites for hydroxylation is 1. The Labute approximate surface area is 116 Å². The lowest BCUT2D eigenvalue weighted by Gasteiger charge is -2.04. The zero-order chi connectivity index (χ0) is 13.9. The number of fused-ring (bicyclic) bond motifs is 1. The molecule has 0 radical (unpaired) electrons. The fourth-order valence-corrected chi connectivity index (χ4v) is 2.05. The molecular formula is C14H16N6. The topological polar surface area (TPSA) is 82.5 Å². The number of benzene rings is 1. The van der Waals surface area contributed by atoms with Gasteiger partial charge in [-0.1, -0.05) is 48.9 Å². The Morgan fingerprint density at radius 3 is 2.70 bits per heavy atom. The molecule has 1 aromatic carbocycles. The van der Waals surface area contributed by atoms with Crippen molar-refractivity contribution < 1.29 is 0 Å². The molecule has 0 fully saturated rings. The van der Waals surface area contributed by atoms with Crippen molar-refractivity contribution in [3.8, 4) is 11.4 Å². The summed E-state index contributed by atoms with van der Waals surface area (Å²) in [6, 6.07) is 9.78. The van der Waals surface area contributed by atoms with Crippen LogP contribution < -0.4 is 5.73 Å². The largest absolute Gasteiger partial charge is 0.382 e. The van der Waals surface area contributed by atoms with E-state index in [1.54, 1.807) is 4.68 Å². The van der Waals surface area contributed by atoms with Crippen LogP contribution in [0.5, 0.6) is 0 Å². The molecule has 0 unspecified atom stereocenters. The normalized spacial score (nSPS) is 11.1. The molecule has 0 amide bonds. The Kier molecular flexibility index (Phi) is 3.28. The molecule has 20 heavy (non-hydrogen) atoms. The molecule has 3 rings (SSSR count). The monoisotopic (exact) mass is 268 g/mol. The first-order valence-electron chi connectivity index (χ1n) is 6.71. The molecule has 2 heterocycles. The number of rotatable bonds is 4. The van der Waals surface area contributed by atoms with Crippen molar-refractivity contribution in [2.45, 2.75) is 26.3 Å². The summed E-state index contributed by atoms with van der Waals surface area (Å²) in [5.74, 6) is 0.979. The summed E-state index contributed by atoms with van der Waals surface area (Å²) in [6.07, 6.45) is 2.12. The quantitative estimate of drug-likeness (QED) is 0.784. The van der Waals surface area contributed by atoms with E-state index >= 15 is 0 Å². The van der Waals surface area contributed by atoms with Crippen LogP contribution in [-0.2, 0) is 6.54 Å². The maximum atomic E-state index is 5.97. The van der Waals surface area contributed by atoms with E-state index < -0.39 is 0 Å². The van der Waals surface area contributed by atoms with Crippen molar-refractivity contribution in [2.75, 3.05) is 5.73 Å². The summed E-state index contributed by atoms with van der Waals surface area (Å²) >= 11 is 0. The van der Waals surface area contributed by atoms with Gasteiger partial charge in [-0.3, -0.25) is 0 Å². The maximum absolute atomic E-state index is 5.97. The third-order valence-electron chi connectivity index (χ3n) is 3.15. The summed E-state index contributed by atoms with van der Waals surface area (Å²) < 4.78 is 1.79. The summed E-state index contributed by atoms with van der Waals surface area (Å²) in [6.45, 7) is 2.93. The van der Waals surface area contributed by atoms with Gasteiger partial charge in [-0.15, -0.1) is 5.10 Å². The maximum Gasteiger partial charge on any atom is 0.184 e. The lowest BCUT2D eigenvalue weighted by Crippen LogP contribution is -2.03. The molecule has 2 aromatic heterocycles. The number of nitrogens with two attached hydrogens (primary N) is 1. The lowest BCUT2D eigenvalue weighted by molar-refractivity contribution is 0.564. The minimum atomic E-state index is 0.372. The number of unbranched alkanes of at least 4 members (excludes halogenated alkanes) is 1. The van der Waals surface area contributed by atoms with Crippen LogP contribution in [0, 0.1) is 0 Å². The summed E-state index contributed by atoms with van der Waals surface area (Å²) in [5, 5.41) is 8.18. The van der Waals surface area contributed by atoms with Crippen molar-refractivity contribution in [3.63, 3.8) is 0 Å². The van der Waals surface area contributed by atoms with Crippen LogP contribution in [0.15, 0.2) is 30.3 Å². The van der Waals surface area contributed by atoms with E-state index in [9.17, 15) is 0 Å². The van der Waals surface area contributed by atoms with E-state index in [4.69, 9.17) is 5.73 Å². The second kappa shape index (κ2) is 5.24. The zero-order valence-corrected chi connectivity index (χ0v) is 11.3. The molecule has 0 aliphatic carbocycles. The first-order valence-corrected chi connectivity index (χ1v) is 6.71. The van der Waals surface area contributed by atoms with Crippen molar-refractivity contribution in [1.82, 2.24) is 25.0 Å². The fourth-order valence-electron chi connectivity index (χ4n) is 2.05. The molecule has 0 spiro atoms. The molecule has 102 valence electrons. The first kappa shape index (κ1) is 12.5. The van der Waals surface area contributed by atoms with Gasteiger partial charge in [0.2, 0.25) is 0 Å². The van der Waals surface area contributed by atoms with Gasteiger partial charge >= 0.3 is 0 Å². The van der Waals surface area contributed by atoms with E-state index in [0.717, 1.165) is 24.9 Å². The van der Waals surface area contributed by atoms with Gasteiger partial charge in [0.15, 0.2) is 22.8 Å². The molecule has 0 saturated heterocycles. The van der Waals surface area contributed by atoms with Crippen LogP contribution in [0.2, 0.25) is 0 Å². The molecule has 6 nitrogen and oxygen atoms in total. The molecule has 2 N–H and O–H groups in total. The third kappa shape index (κ3) is 2.20. The van der Waals surface area contributed by atoms with Gasteiger partial charge in [0.1, 0.15) is 0 Å². The number of nitrogens with zero attached hydrogens (tertiary/aromatic N) is 5. The summed E-state index contributed by atoms with van der Waals surface area (Å²) in [5.41, 5.74) is 8.17. The van der Waals surface area contributed by atoms with Gasteiger partial charge in [0.05, 0.1) is 0 Å². The Bertz CT molecular complexity index is 719. The standard InChI is InChI=1S/C14H16N6/c1-2-3-9-20-14-11(18-19-20)12(15)16-13(17-14)10-7-5-4-6-8-10/h4-8H,2-3,9H2,1H3,(H2,15,16,17). The highest BCUT2D eigenvalue weighted by atomic mass is 15.4. The van der Waals surface area contributed by atoms with Crippen molar-refractivity contribution in [1.29, 1.82) is 0 Å². The molecule has 0 aliphatic rings. The smallest absolute Gasteiger partial charge is 0.184 e. The predicted molar refractivity (Wildman–Crippen MR) is 77.9 cm³/mol. The first-order chi connectivity index (χ1) is 9.79. The summed E-state index contributed by atoms with van der Waals surface area (Å²) in [7, 11) is 0. The SMILES string of the molecule is CCCCn1nnc2c(N)nc(-c3ccccc3)nc21. The van der Waals surface area contributed by atoms with Gasteiger partial charge in [-0.25, -0.2) is 14.6 Å². The average Bonchev–Trinajstić information content (AvgIpc) is 2.89. The number of hydrogen-bond acceptors (Lipinski definition) is 5. The van der Waals surface area contributed by atoms with E-state index in [0.29, 0.717) is 22.8 Å². The van der Waals surface area contributed by atoms with Crippen LogP contribution in [-0.4, -0.2) is 25.0 Å². The zero-order valence-electron chi connectivity index (χ0n) is 11.3. The van der Waals surface area contributed by atoms with Crippen molar-refractivity contribution in [2.24, 2.45) is 0 Å². The van der Waals surface area contributed by atoms with Crippen LogP contribution >= 0.6 is 0 Å². The van der Waals surface area contributed by atoms with E-state index in [2.05, 4.69) is 27.2 Å². The second-order valence-corrected chi connectivity index (χ2v) is 4.64. The van der Waals surface area contributed by atoms with E-state index in [-0.39, 0.29) is 0 Å². The lowest BCUT2D eigenvalue weighted by atomic mass is 10.2. The number of anilines is 1. The highest BCUT2D eigenvalue weighted by Crippen LogP contribution is 2.21. The molecular weight excluding hydrogens is 252 g/mol. The predicted octanol–water partition coefficient (Wildman–Crippen LogP) is 2.27. The third-order valence-corrected chi connectivity index (χ3v) is 3.15. The van der Waals surface area contributed by atoms with Gasteiger partial charge < -0.3 is 5.73 Å². The van der Waals surface area contributed by atoms with Gasteiger partial charge in [0.25, 0.3) is 0 Å². The van der Waals surface area contributed by atoms with Crippen LogP contribution in [0.3, 0.4) is 0 Å². The Hall–Kier alpha value is -2.50. The van der Waals surface area contributed by atoms with Gasteiger partial charge in [-0.2, -0.15) is 0 Å². The van der Waals surface area contributed by atoms with E-state index in [1.165, 1.54) is 0 Å². The van der Waals surface area contributed by atoms with Gasteiger partial charge in [0, 0.05) is 12.1 Å². The number of hydrogen-bond donors (Lipinski definition) is 1. The second-order valence-electron chi connectivity index (χ2n) is 4.64. The Balaban J connectivity index is 2.11. The number of aromatic nitrogens is 5. The van der Waals surface area contributed by atoms with Crippen LogP contribution in [0.1, 0.15) is 19.8 Å².